The van der Waals surface area contributed by atoms with Gasteiger partial charge in [0.05, 0.1) is 6.54 Å². The molecule has 1 aliphatic heterocycles. The summed E-state index contributed by atoms with van der Waals surface area (Å²) in [5.74, 6) is 2.04. The fourth-order valence-corrected chi connectivity index (χ4v) is 4.29. The number of aliphatic hydroxyl groups is 1. The molecule has 0 aromatic carbocycles. The van der Waals surface area contributed by atoms with Gasteiger partial charge in [-0.3, -0.25) is 4.90 Å². The van der Waals surface area contributed by atoms with E-state index < -0.39 is 5.60 Å². The molecule has 154 valence electrons. The molecule has 2 atom stereocenters. The van der Waals surface area contributed by atoms with Crippen LogP contribution in [0.15, 0.2) is 33.0 Å². The minimum absolute atomic E-state index is 0.228. The molecule has 7 heteroatoms. The van der Waals surface area contributed by atoms with Crippen LogP contribution in [-0.4, -0.2) is 48.2 Å². The van der Waals surface area contributed by atoms with Crippen LogP contribution < -0.4 is 10.6 Å². The quantitative estimate of drug-likeness (QED) is 0.489. The Morgan fingerprint density at radius 2 is 2.21 bits per heavy atom. The molecule has 28 heavy (non-hydrogen) atoms. The van der Waals surface area contributed by atoms with Crippen molar-refractivity contribution in [2.45, 2.75) is 52.3 Å². The smallest absolute Gasteiger partial charge is 0.191 e. The fourth-order valence-electron chi connectivity index (χ4n) is 3.40. The summed E-state index contributed by atoms with van der Waals surface area (Å²) in [6, 6.07) is 6.31. The van der Waals surface area contributed by atoms with E-state index in [2.05, 4.69) is 38.9 Å². The van der Waals surface area contributed by atoms with Crippen LogP contribution >= 0.6 is 11.3 Å². The first kappa shape index (κ1) is 20.9. The molecule has 2 aromatic rings. The standard InChI is InChI=1S/C21H32N4O2S/c1-5-22-20(24-14-21(4,26)19-7-6-16(3)27-19)23-12-15(2)25-10-8-18-17(13-25)9-11-28-18/h6-7,9,11,15,26H,5,8,10,12-14H2,1-4H3,(H2,22,23,24). The van der Waals surface area contributed by atoms with E-state index in [4.69, 9.17) is 4.42 Å². The summed E-state index contributed by atoms with van der Waals surface area (Å²) in [6.07, 6.45) is 1.14. The van der Waals surface area contributed by atoms with Gasteiger partial charge in [0, 0.05) is 37.1 Å². The maximum absolute atomic E-state index is 10.7. The van der Waals surface area contributed by atoms with Crippen molar-refractivity contribution in [3.8, 4) is 0 Å². The molecule has 0 saturated carbocycles. The van der Waals surface area contributed by atoms with E-state index in [1.54, 1.807) is 6.92 Å². The SMILES string of the molecule is CCNC(=NCC(C)(O)c1ccc(C)o1)NCC(C)N1CCc2sccc2C1. The average Bonchev–Trinajstić information content (AvgIpc) is 3.32. The third-order valence-corrected chi connectivity index (χ3v) is 6.21. The predicted molar refractivity (Wildman–Crippen MR) is 115 cm³/mol. The number of aliphatic imine (C=N–C) groups is 1. The van der Waals surface area contributed by atoms with Gasteiger partial charge in [-0.1, -0.05) is 0 Å². The van der Waals surface area contributed by atoms with E-state index in [1.165, 1.54) is 10.4 Å². The zero-order valence-corrected chi connectivity index (χ0v) is 18.1. The highest BCUT2D eigenvalue weighted by Crippen LogP contribution is 2.25. The number of hydrogen-bond acceptors (Lipinski definition) is 5. The average molecular weight is 405 g/mol. The van der Waals surface area contributed by atoms with Crippen molar-refractivity contribution in [1.29, 1.82) is 0 Å². The summed E-state index contributed by atoms with van der Waals surface area (Å²) < 4.78 is 5.57. The lowest BCUT2D eigenvalue weighted by Gasteiger charge is -2.32. The van der Waals surface area contributed by atoms with Crippen LogP contribution in [0.25, 0.3) is 0 Å². The lowest BCUT2D eigenvalue weighted by Crippen LogP contribution is -2.47. The number of nitrogens with zero attached hydrogens (tertiary/aromatic N) is 2. The Labute approximate surface area is 171 Å². The minimum Gasteiger partial charge on any atom is -0.463 e. The lowest BCUT2D eigenvalue weighted by molar-refractivity contribution is 0.0428. The van der Waals surface area contributed by atoms with Crippen LogP contribution in [0.1, 0.15) is 42.7 Å². The van der Waals surface area contributed by atoms with E-state index in [9.17, 15) is 5.11 Å². The fraction of sp³-hybridized carbons (Fsp3) is 0.571. The van der Waals surface area contributed by atoms with Crippen molar-refractivity contribution >= 4 is 17.3 Å². The number of aryl methyl sites for hydroxylation is 1. The van der Waals surface area contributed by atoms with Gasteiger partial charge in [0.15, 0.2) is 5.96 Å². The number of nitrogens with one attached hydrogen (secondary N) is 2. The second kappa shape index (κ2) is 9.11. The third-order valence-electron chi connectivity index (χ3n) is 5.19. The largest absolute Gasteiger partial charge is 0.463 e. The van der Waals surface area contributed by atoms with Crippen LogP contribution in [0.2, 0.25) is 0 Å². The Morgan fingerprint density at radius 3 is 2.93 bits per heavy atom. The van der Waals surface area contributed by atoms with Crippen LogP contribution in [0.5, 0.6) is 0 Å². The van der Waals surface area contributed by atoms with E-state index in [0.717, 1.165) is 38.4 Å². The molecule has 0 saturated heterocycles. The zero-order chi connectivity index (χ0) is 20.1. The first-order valence-corrected chi connectivity index (χ1v) is 10.9. The van der Waals surface area contributed by atoms with Gasteiger partial charge >= 0.3 is 0 Å². The number of furan rings is 1. The predicted octanol–water partition coefficient (Wildman–Crippen LogP) is 2.86. The molecule has 0 amide bonds. The number of rotatable bonds is 7. The normalized spacial score (nSPS) is 18.4. The molecular formula is C21H32N4O2S. The van der Waals surface area contributed by atoms with Crippen molar-refractivity contribution < 1.29 is 9.52 Å². The molecule has 3 rings (SSSR count). The second-order valence-electron chi connectivity index (χ2n) is 7.70. The highest BCUT2D eigenvalue weighted by molar-refractivity contribution is 7.10. The van der Waals surface area contributed by atoms with Crippen molar-refractivity contribution in [2.24, 2.45) is 4.99 Å². The molecule has 2 unspecified atom stereocenters. The number of hydrogen-bond donors (Lipinski definition) is 3. The molecular weight excluding hydrogens is 372 g/mol. The van der Waals surface area contributed by atoms with Crippen molar-refractivity contribution in [3.63, 3.8) is 0 Å². The minimum atomic E-state index is -1.13. The van der Waals surface area contributed by atoms with Gasteiger partial charge in [-0.2, -0.15) is 0 Å². The van der Waals surface area contributed by atoms with Gasteiger partial charge in [-0.15, -0.1) is 11.3 Å². The molecule has 2 aromatic heterocycles. The van der Waals surface area contributed by atoms with Crippen molar-refractivity contribution in [3.05, 3.63) is 45.5 Å². The Kier molecular flexibility index (Phi) is 6.80. The first-order chi connectivity index (χ1) is 13.4. The Bertz CT molecular complexity index is 796. The van der Waals surface area contributed by atoms with E-state index in [0.29, 0.717) is 17.8 Å². The van der Waals surface area contributed by atoms with E-state index in [-0.39, 0.29) is 6.54 Å². The van der Waals surface area contributed by atoms with Crippen LogP contribution in [0, 0.1) is 6.92 Å². The number of guanidine groups is 1. The van der Waals surface area contributed by atoms with E-state index in [1.807, 2.05) is 37.3 Å². The topological polar surface area (TPSA) is 73.0 Å². The maximum Gasteiger partial charge on any atom is 0.191 e. The summed E-state index contributed by atoms with van der Waals surface area (Å²) in [5, 5.41) is 19.6. The van der Waals surface area contributed by atoms with Crippen LogP contribution in [0.3, 0.4) is 0 Å². The van der Waals surface area contributed by atoms with Gasteiger partial charge < -0.3 is 20.2 Å². The zero-order valence-electron chi connectivity index (χ0n) is 17.3. The van der Waals surface area contributed by atoms with Crippen LogP contribution in [0.4, 0.5) is 0 Å². The Hall–Kier alpha value is -1.83. The molecule has 0 spiro atoms. The summed E-state index contributed by atoms with van der Waals surface area (Å²) in [6.45, 7) is 11.8. The first-order valence-electron chi connectivity index (χ1n) is 10.00. The molecule has 6 nitrogen and oxygen atoms in total. The molecule has 0 radical (unpaired) electrons. The monoisotopic (exact) mass is 404 g/mol. The maximum atomic E-state index is 10.7. The molecule has 0 aliphatic carbocycles. The molecule has 0 bridgehead atoms. The Balaban J connectivity index is 1.56. The van der Waals surface area contributed by atoms with Gasteiger partial charge in [-0.05, 0) is 63.3 Å². The van der Waals surface area contributed by atoms with E-state index >= 15 is 0 Å². The van der Waals surface area contributed by atoms with Gasteiger partial charge in [0.2, 0.25) is 0 Å². The lowest BCUT2D eigenvalue weighted by atomic mass is 10.0. The molecule has 1 aliphatic rings. The van der Waals surface area contributed by atoms with Crippen molar-refractivity contribution in [1.82, 2.24) is 15.5 Å². The molecule has 3 N–H and O–H groups in total. The molecule has 3 heterocycles. The molecule has 0 fully saturated rings. The van der Waals surface area contributed by atoms with Crippen molar-refractivity contribution in [2.75, 3.05) is 26.2 Å². The number of fused-ring (bicyclic) bond motifs is 1. The summed E-state index contributed by atoms with van der Waals surface area (Å²) in [5.41, 5.74) is 0.332. The third kappa shape index (κ3) is 5.16. The summed E-state index contributed by atoms with van der Waals surface area (Å²) in [4.78, 5) is 8.62. The summed E-state index contributed by atoms with van der Waals surface area (Å²) >= 11 is 1.87. The second-order valence-corrected chi connectivity index (χ2v) is 8.70. The highest BCUT2D eigenvalue weighted by Gasteiger charge is 2.27. The highest BCUT2D eigenvalue weighted by atomic mass is 32.1. The van der Waals surface area contributed by atoms with Gasteiger partial charge in [-0.25, -0.2) is 4.99 Å². The van der Waals surface area contributed by atoms with Crippen LogP contribution in [-0.2, 0) is 18.6 Å². The van der Waals surface area contributed by atoms with Gasteiger partial charge in [0.1, 0.15) is 17.1 Å². The summed E-state index contributed by atoms with van der Waals surface area (Å²) in [7, 11) is 0. The number of thiophene rings is 1. The Morgan fingerprint density at radius 1 is 1.39 bits per heavy atom. The van der Waals surface area contributed by atoms with Gasteiger partial charge in [0.25, 0.3) is 0 Å².